The van der Waals surface area contributed by atoms with E-state index in [1.54, 1.807) is 12.4 Å². The number of nitrogens with zero attached hydrogens (tertiary/aromatic N) is 2. The lowest BCUT2D eigenvalue weighted by atomic mass is 10.0. The van der Waals surface area contributed by atoms with Gasteiger partial charge in [0, 0.05) is 30.6 Å². The quantitative estimate of drug-likeness (QED) is 0.898. The van der Waals surface area contributed by atoms with Crippen LogP contribution in [0.3, 0.4) is 0 Å². The zero-order valence-electron chi connectivity index (χ0n) is 10.5. The fourth-order valence-corrected chi connectivity index (χ4v) is 1.83. The van der Waals surface area contributed by atoms with Crippen molar-refractivity contribution >= 4 is 11.6 Å². The van der Waals surface area contributed by atoms with Gasteiger partial charge in [0.05, 0.1) is 0 Å². The van der Waals surface area contributed by atoms with Crippen molar-refractivity contribution in [2.45, 2.75) is 20.3 Å². The van der Waals surface area contributed by atoms with Crippen LogP contribution in [0.15, 0.2) is 36.9 Å². The summed E-state index contributed by atoms with van der Waals surface area (Å²) in [5, 5.41) is 2.83. The third kappa shape index (κ3) is 2.71. The molecular formula is C14H15N3O. The molecule has 1 N–H and O–H groups in total. The number of amides is 1. The maximum absolute atomic E-state index is 11.1. The highest BCUT2D eigenvalue weighted by Gasteiger charge is 2.05. The van der Waals surface area contributed by atoms with E-state index >= 15 is 0 Å². The minimum absolute atomic E-state index is 0.0551. The number of aryl methyl sites for hydroxylation is 1. The van der Waals surface area contributed by atoms with Crippen molar-refractivity contribution in [1.82, 2.24) is 9.97 Å². The van der Waals surface area contributed by atoms with E-state index in [2.05, 4.69) is 28.3 Å². The summed E-state index contributed by atoms with van der Waals surface area (Å²) in [6.45, 7) is 3.57. The lowest BCUT2D eigenvalue weighted by Gasteiger charge is -2.10. The number of rotatable bonds is 3. The van der Waals surface area contributed by atoms with E-state index in [0.29, 0.717) is 0 Å². The summed E-state index contributed by atoms with van der Waals surface area (Å²) in [6, 6.07) is 5.94. The smallest absolute Gasteiger partial charge is 0.221 e. The zero-order valence-corrected chi connectivity index (χ0v) is 10.5. The molecule has 1 aromatic heterocycles. The number of hydrogen-bond acceptors (Lipinski definition) is 3. The van der Waals surface area contributed by atoms with Crippen molar-refractivity contribution in [2.24, 2.45) is 0 Å². The topological polar surface area (TPSA) is 54.9 Å². The average Bonchev–Trinajstić information content (AvgIpc) is 2.39. The third-order valence-electron chi connectivity index (χ3n) is 2.69. The highest BCUT2D eigenvalue weighted by atomic mass is 16.1. The van der Waals surface area contributed by atoms with E-state index in [1.807, 2.05) is 12.1 Å². The van der Waals surface area contributed by atoms with Gasteiger partial charge in [-0.2, -0.15) is 0 Å². The number of carbonyl (C=O) groups excluding carboxylic acids is 1. The summed E-state index contributed by atoms with van der Waals surface area (Å²) >= 11 is 0. The molecule has 0 bridgehead atoms. The zero-order chi connectivity index (χ0) is 13.0. The Hall–Kier alpha value is -2.23. The van der Waals surface area contributed by atoms with E-state index < -0.39 is 0 Å². The Morgan fingerprint density at radius 3 is 2.56 bits per heavy atom. The largest absolute Gasteiger partial charge is 0.326 e. The van der Waals surface area contributed by atoms with Gasteiger partial charge in [0.25, 0.3) is 0 Å². The number of aromatic nitrogens is 2. The summed E-state index contributed by atoms with van der Waals surface area (Å²) in [6.07, 6.45) is 5.92. The maximum Gasteiger partial charge on any atom is 0.221 e. The van der Waals surface area contributed by atoms with Gasteiger partial charge in [0.2, 0.25) is 5.91 Å². The molecule has 0 spiro atoms. The average molecular weight is 241 g/mol. The van der Waals surface area contributed by atoms with Gasteiger partial charge in [0.15, 0.2) is 0 Å². The van der Waals surface area contributed by atoms with Gasteiger partial charge in [0.1, 0.15) is 6.33 Å². The number of anilines is 1. The molecule has 2 rings (SSSR count). The van der Waals surface area contributed by atoms with E-state index in [-0.39, 0.29) is 5.91 Å². The molecular weight excluding hydrogens is 226 g/mol. The van der Waals surface area contributed by atoms with Gasteiger partial charge in [-0.05, 0) is 29.7 Å². The van der Waals surface area contributed by atoms with Crippen LogP contribution in [0.1, 0.15) is 19.4 Å². The molecule has 1 heterocycles. The Morgan fingerprint density at radius 1 is 1.22 bits per heavy atom. The Bertz CT molecular complexity index is 552. The van der Waals surface area contributed by atoms with E-state index in [0.717, 1.165) is 28.8 Å². The molecule has 18 heavy (non-hydrogen) atoms. The van der Waals surface area contributed by atoms with Crippen LogP contribution in [-0.2, 0) is 11.2 Å². The molecule has 4 nitrogen and oxygen atoms in total. The lowest BCUT2D eigenvalue weighted by molar-refractivity contribution is -0.114. The minimum atomic E-state index is -0.0551. The number of hydrogen-bond donors (Lipinski definition) is 1. The molecule has 0 aliphatic heterocycles. The molecule has 1 amide bonds. The maximum atomic E-state index is 11.1. The second-order valence-electron chi connectivity index (χ2n) is 4.03. The fourth-order valence-electron chi connectivity index (χ4n) is 1.83. The standard InChI is InChI=1S/C14H15N3O/c1-3-11-6-12(13-7-15-9-16-8-13)4-5-14(11)17-10(2)18/h4-9H,3H2,1-2H3,(H,17,18). The molecule has 0 saturated carbocycles. The summed E-state index contributed by atoms with van der Waals surface area (Å²) in [5.74, 6) is -0.0551. The van der Waals surface area contributed by atoms with Crippen LogP contribution < -0.4 is 5.32 Å². The molecule has 0 fully saturated rings. The normalized spacial score (nSPS) is 10.1. The first-order valence-corrected chi connectivity index (χ1v) is 5.86. The highest BCUT2D eigenvalue weighted by Crippen LogP contribution is 2.24. The van der Waals surface area contributed by atoms with Crippen molar-refractivity contribution in [3.05, 3.63) is 42.5 Å². The molecule has 0 atom stereocenters. The second kappa shape index (κ2) is 5.40. The van der Waals surface area contributed by atoms with E-state index in [4.69, 9.17) is 0 Å². The summed E-state index contributed by atoms with van der Waals surface area (Å²) < 4.78 is 0. The van der Waals surface area contributed by atoms with Crippen molar-refractivity contribution in [1.29, 1.82) is 0 Å². The van der Waals surface area contributed by atoms with Crippen molar-refractivity contribution in [3.63, 3.8) is 0 Å². The fraction of sp³-hybridized carbons (Fsp3) is 0.214. The van der Waals surface area contributed by atoms with Gasteiger partial charge < -0.3 is 5.32 Å². The second-order valence-corrected chi connectivity index (χ2v) is 4.03. The Morgan fingerprint density at radius 2 is 1.94 bits per heavy atom. The van der Waals surface area contributed by atoms with Gasteiger partial charge in [-0.15, -0.1) is 0 Å². The molecule has 0 radical (unpaired) electrons. The summed E-state index contributed by atoms with van der Waals surface area (Å²) in [4.78, 5) is 19.1. The molecule has 4 heteroatoms. The predicted octanol–water partition coefficient (Wildman–Crippen LogP) is 2.66. The van der Waals surface area contributed by atoms with Crippen LogP contribution >= 0.6 is 0 Å². The van der Waals surface area contributed by atoms with Crippen molar-refractivity contribution in [3.8, 4) is 11.1 Å². The Kier molecular flexibility index (Phi) is 3.67. The van der Waals surface area contributed by atoms with Crippen LogP contribution in [0.25, 0.3) is 11.1 Å². The van der Waals surface area contributed by atoms with Crippen molar-refractivity contribution in [2.75, 3.05) is 5.32 Å². The first kappa shape index (κ1) is 12.2. The first-order chi connectivity index (χ1) is 8.70. The van der Waals surface area contributed by atoms with Gasteiger partial charge in [-0.25, -0.2) is 9.97 Å². The SMILES string of the molecule is CCc1cc(-c2cncnc2)ccc1NC(C)=O. The van der Waals surface area contributed by atoms with Gasteiger partial charge in [-0.1, -0.05) is 13.0 Å². The van der Waals surface area contributed by atoms with Crippen LogP contribution in [0, 0.1) is 0 Å². The molecule has 1 aromatic carbocycles. The molecule has 0 saturated heterocycles. The van der Waals surface area contributed by atoms with E-state index in [9.17, 15) is 4.79 Å². The number of nitrogens with one attached hydrogen (secondary N) is 1. The van der Waals surface area contributed by atoms with Gasteiger partial charge >= 0.3 is 0 Å². The van der Waals surface area contributed by atoms with Crippen LogP contribution in [0.2, 0.25) is 0 Å². The molecule has 0 unspecified atom stereocenters. The molecule has 92 valence electrons. The highest BCUT2D eigenvalue weighted by molar-refractivity contribution is 5.90. The Labute approximate surface area is 106 Å². The summed E-state index contributed by atoms with van der Waals surface area (Å²) in [5.41, 5.74) is 4.00. The first-order valence-electron chi connectivity index (χ1n) is 5.86. The van der Waals surface area contributed by atoms with Gasteiger partial charge in [-0.3, -0.25) is 4.79 Å². The molecule has 0 aliphatic carbocycles. The van der Waals surface area contributed by atoms with Crippen LogP contribution in [0.4, 0.5) is 5.69 Å². The summed E-state index contributed by atoms with van der Waals surface area (Å²) in [7, 11) is 0. The number of benzene rings is 1. The molecule has 2 aromatic rings. The monoisotopic (exact) mass is 241 g/mol. The molecule has 0 aliphatic rings. The number of carbonyl (C=O) groups is 1. The van der Waals surface area contributed by atoms with Crippen molar-refractivity contribution < 1.29 is 4.79 Å². The van der Waals surface area contributed by atoms with Crippen LogP contribution in [-0.4, -0.2) is 15.9 Å². The minimum Gasteiger partial charge on any atom is -0.326 e. The van der Waals surface area contributed by atoms with E-state index in [1.165, 1.54) is 13.3 Å². The Balaban J connectivity index is 2.39. The predicted molar refractivity (Wildman–Crippen MR) is 71.1 cm³/mol. The third-order valence-corrected chi connectivity index (χ3v) is 2.69. The lowest BCUT2D eigenvalue weighted by Crippen LogP contribution is -2.07. The van der Waals surface area contributed by atoms with Crippen LogP contribution in [0.5, 0.6) is 0 Å².